The number of carbonyl (C=O) groups excluding carboxylic acids is 2. The molecule has 0 saturated carbocycles. The molecule has 0 aromatic carbocycles. The minimum atomic E-state index is -0.0675. The molecule has 4 heterocycles. The van der Waals surface area contributed by atoms with Gasteiger partial charge < -0.3 is 5.32 Å². The molecule has 4 aromatic heterocycles. The normalized spacial score (nSPS) is 11.1. The number of nitrogens with zero attached hydrogens (tertiary/aromatic N) is 3. The van der Waals surface area contributed by atoms with Crippen molar-refractivity contribution in [1.82, 2.24) is 15.2 Å². The molecule has 0 bridgehead atoms. The lowest BCUT2D eigenvalue weighted by atomic mass is 10.2. The molecule has 13 heteroatoms. The van der Waals surface area contributed by atoms with Gasteiger partial charge in [-0.1, -0.05) is 23.2 Å². The van der Waals surface area contributed by atoms with Crippen LogP contribution >= 0.6 is 80.3 Å². The maximum absolute atomic E-state index is 12.2. The van der Waals surface area contributed by atoms with Crippen molar-refractivity contribution < 1.29 is 9.59 Å². The Morgan fingerprint density at radius 1 is 0.800 bits per heavy atom. The lowest BCUT2D eigenvalue weighted by Crippen LogP contribution is -2.12. The van der Waals surface area contributed by atoms with Crippen molar-refractivity contribution >= 4 is 97.0 Å². The van der Waals surface area contributed by atoms with Crippen molar-refractivity contribution in [2.75, 3.05) is 16.8 Å². The summed E-state index contributed by atoms with van der Waals surface area (Å²) in [4.78, 5) is 30.7. The van der Waals surface area contributed by atoms with Gasteiger partial charge in [-0.05, 0) is 35.8 Å². The van der Waals surface area contributed by atoms with E-state index in [9.17, 15) is 9.59 Å². The van der Waals surface area contributed by atoms with Gasteiger partial charge in [0.15, 0.2) is 0 Å². The Hall–Kier alpha value is -1.34. The van der Waals surface area contributed by atoms with E-state index < -0.39 is 0 Å². The molecule has 1 N–H and O–H groups in total. The zero-order chi connectivity index (χ0) is 24.6. The summed E-state index contributed by atoms with van der Waals surface area (Å²) in [5.74, 6) is 1.91. The molecule has 1 amide bonds. The molecule has 0 fully saturated rings. The number of aromatic nitrogens is 3. The Bertz CT molecular complexity index is 1190. The summed E-state index contributed by atoms with van der Waals surface area (Å²) < 4.78 is 1.38. The molecule has 0 spiro atoms. The van der Waals surface area contributed by atoms with Gasteiger partial charge in [0.25, 0.3) is 0 Å². The summed E-state index contributed by atoms with van der Waals surface area (Å²) >= 11 is 19.5. The van der Waals surface area contributed by atoms with E-state index in [2.05, 4.69) is 20.5 Å². The van der Waals surface area contributed by atoms with Crippen LogP contribution < -0.4 is 5.32 Å². The summed E-state index contributed by atoms with van der Waals surface area (Å²) in [7, 11) is 0. The number of Topliss-reactive ketones (excluding diaryl/α,β-unsaturated/α-hetero) is 1. The van der Waals surface area contributed by atoms with Gasteiger partial charge in [-0.2, -0.15) is 11.8 Å². The van der Waals surface area contributed by atoms with Crippen LogP contribution in [0.2, 0.25) is 8.67 Å². The minimum absolute atomic E-state index is 0.0675. The van der Waals surface area contributed by atoms with Crippen LogP contribution in [0, 0.1) is 0 Å². The number of aryl methyl sites for hydroxylation is 2. The molecule has 0 atom stereocenters. The van der Waals surface area contributed by atoms with E-state index >= 15 is 0 Å². The Balaban J connectivity index is 1.11. The highest BCUT2D eigenvalue weighted by atomic mass is 35.5. The Kier molecular flexibility index (Phi) is 10.1. The van der Waals surface area contributed by atoms with Gasteiger partial charge >= 0.3 is 0 Å². The number of hydrogen-bond acceptors (Lipinski definition) is 10. The average Bonchev–Trinajstić information content (AvgIpc) is 3.59. The number of halogens is 2. The Morgan fingerprint density at radius 3 is 2.14 bits per heavy atom. The smallest absolute Gasteiger partial charge is 0.230 e. The molecule has 35 heavy (non-hydrogen) atoms. The predicted molar refractivity (Wildman–Crippen MR) is 150 cm³/mol. The highest BCUT2D eigenvalue weighted by molar-refractivity contribution is 7.99. The number of nitrogens with one attached hydrogen (secondary N) is 1. The van der Waals surface area contributed by atoms with Crippen LogP contribution in [-0.4, -0.2) is 38.4 Å². The number of carbonyl (C=O) groups is 2. The minimum Gasteiger partial charge on any atom is -0.316 e. The third-order valence-electron chi connectivity index (χ3n) is 4.56. The van der Waals surface area contributed by atoms with Crippen molar-refractivity contribution in [3.05, 3.63) is 63.9 Å². The Morgan fingerprint density at radius 2 is 1.46 bits per heavy atom. The van der Waals surface area contributed by atoms with E-state index in [0.717, 1.165) is 54.1 Å². The van der Waals surface area contributed by atoms with Crippen LogP contribution in [0.5, 0.6) is 0 Å². The standard InChI is InChI=1S/C22H20Cl2N4O2S5/c23-16-3-1-14(32-16)9-13(29)10-21-28-27-20(35-21)6-8-31-7-5-19-25-12-22(34-19)26-18(30)11-15-2-4-17(24)33-15/h1-4,12H,5-11H2,(H,26,30). The first kappa shape index (κ1) is 26.7. The molecule has 4 rings (SSSR count). The van der Waals surface area contributed by atoms with E-state index in [-0.39, 0.29) is 11.7 Å². The number of anilines is 1. The predicted octanol–water partition coefficient (Wildman–Crippen LogP) is 6.48. The van der Waals surface area contributed by atoms with Gasteiger partial charge in [0.1, 0.15) is 20.8 Å². The van der Waals surface area contributed by atoms with Crippen LogP contribution in [0.1, 0.15) is 24.8 Å². The van der Waals surface area contributed by atoms with Crippen LogP contribution in [-0.2, 0) is 41.7 Å². The number of rotatable bonds is 13. The first-order chi connectivity index (χ1) is 16.9. The third kappa shape index (κ3) is 8.92. The number of ketones is 1. The lowest BCUT2D eigenvalue weighted by Gasteiger charge is -2.00. The summed E-state index contributed by atoms with van der Waals surface area (Å²) in [6.07, 6.45) is 4.38. The number of amides is 1. The monoisotopic (exact) mass is 602 g/mol. The summed E-state index contributed by atoms with van der Waals surface area (Å²) in [6, 6.07) is 7.37. The van der Waals surface area contributed by atoms with Gasteiger partial charge in [0.2, 0.25) is 5.91 Å². The molecule has 0 aliphatic heterocycles. The molecule has 6 nitrogen and oxygen atoms in total. The molecular formula is C22H20Cl2N4O2S5. The third-order valence-corrected chi connectivity index (χ3v) is 9.96. The molecular weight excluding hydrogens is 584 g/mol. The topological polar surface area (TPSA) is 84.8 Å². The second kappa shape index (κ2) is 13.3. The maximum Gasteiger partial charge on any atom is 0.230 e. The second-order valence-electron chi connectivity index (χ2n) is 7.35. The number of thiazole rings is 1. The van der Waals surface area contributed by atoms with E-state index in [4.69, 9.17) is 23.2 Å². The first-order valence-electron chi connectivity index (χ1n) is 10.6. The molecule has 4 aromatic rings. The van der Waals surface area contributed by atoms with E-state index in [1.807, 2.05) is 30.0 Å². The average molecular weight is 604 g/mol. The fourth-order valence-electron chi connectivity index (χ4n) is 3.02. The zero-order valence-corrected chi connectivity index (χ0v) is 23.9. The van der Waals surface area contributed by atoms with Crippen LogP contribution in [0.15, 0.2) is 30.5 Å². The lowest BCUT2D eigenvalue weighted by molar-refractivity contribution is -0.118. The quantitative estimate of drug-likeness (QED) is 0.176. The fraction of sp³-hybridized carbons (Fsp3) is 0.318. The largest absolute Gasteiger partial charge is 0.316 e. The molecule has 0 saturated heterocycles. The molecule has 0 aliphatic carbocycles. The first-order valence-corrected chi connectivity index (χ1v) is 15.7. The van der Waals surface area contributed by atoms with Crippen molar-refractivity contribution in [2.45, 2.75) is 32.1 Å². The number of hydrogen-bond donors (Lipinski definition) is 1. The van der Waals surface area contributed by atoms with Crippen molar-refractivity contribution in [1.29, 1.82) is 0 Å². The van der Waals surface area contributed by atoms with Gasteiger partial charge in [0.05, 0.1) is 32.7 Å². The highest BCUT2D eigenvalue weighted by Gasteiger charge is 2.12. The SMILES string of the molecule is O=C(Cc1ccc(Cl)s1)Cc1nnc(CCSCCc2ncc(NC(=O)Cc3ccc(Cl)s3)s2)s1. The zero-order valence-electron chi connectivity index (χ0n) is 18.3. The van der Waals surface area contributed by atoms with Crippen LogP contribution in [0.3, 0.4) is 0 Å². The molecule has 0 aliphatic rings. The number of thiophene rings is 2. The van der Waals surface area contributed by atoms with Gasteiger partial charge in [-0.3, -0.25) is 9.59 Å². The second-order valence-corrected chi connectivity index (χ2v) is 14.4. The van der Waals surface area contributed by atoms with Gasteiger partial charge in [-0.15, -0.1) is 55.5 Å². The Labute approximate surface area is 233 Å². The number of thioether (sulfide) groups is 1. The van der Waals surface area contributed by atoms with E-state index in [1.54, 1.807) is 12.3 Å². The molecule has 0 radical (unpaired) electrons. The maximum atomic E-state index is 12.2. The van der Waals surface area contributed by atoms with E-state index in [0.29, 0.717) is 27.9 Å². The van der Waals surface area contributed by atoms with Crippen LogP contribution in [0.4, 0.5) is 5.00 Å². The summed E-state index contributed by atoms with van der Waals surface area (Å²) in [6.45, 7) is 0. The molecule has 0 unspecified atom stereocenters. The van der Waals surface area contributed by atoms with Gasteiger partial charge in [-0.25, -0.2) is 4.98 Å². The van der Waals surface area contributed by atoms with Crippen molar-refractivity contribution in [3.8, 4) is 0 Å². The van der Waals surface area contributed by atoms with Crippen molar-refractivity contribution in [2.24, 2.45) is 0 Å². The molecule has 184 valence electrons. The summed E-state index contributed by atoms with van der Waals surface area (Å²) in [5, 5.41) is 14.8. The highest BCUT2D eigenvalue weighted by Crippen LogP contribution is 2.25. The van der Waals surface area contributed by atoms with E-state index in [1.165, 1.54) is 45.3 Å². The summed E-state index contributed by atoms with van der Waals surface area (Å²) in [5.41, 5.74) is 0. The van der Waals surface area contributed by atoms with Crippen LogP contribution in [0.25, 0.3) is 0 Å². The fourth-order valence-corrected chi connectivity index (χ4v) is 8.07. The van der Waals surface area contributed by atoms with Gasteiger partial charge in [0, 0.05) is 29.0 Å². The van der Waals surface area contributed by atoms with Crippen molar-refractivity contribution in [3.63, 3.8) is 0 Å².